The number of nitrogens with zero attached hydrogens (tertiary/aromatic N) is 3. The van der Waals surface area contributed by atoms with Gasteiger partial charge in [0.05, 0.1) is 0 Å². The van der Waals surface area contributed by atoms with Crippen LogP contribution in [0.5, 0.6) is 0 Å². The summed E-state index contributed by atoms with van der Waals surface area (Å²) in [6.45, 7) is 0. The predicted molar refractivity (Wildman–Crippen MR) is 41.3 cm³/mol. The molecule has 3 nitrogen and oxygen atoms in total. The monoisotopic (exact) mass is 214 g/mol. The zero-order valence-corrected chi connectivity index (χ0v) is 7.58. The van der Waals surface area contributed by atoms with E-state index in [-0.39, 0.29) is 0 Å². The van der Waals surface area contributed by atoms with Crippen molar-refractivity contribution in [3.63, 3.8) is 0 Å². The molecule has 0 saturated carbocycles. The van der Waals surface area contributed by atoms with Crippen molar-refractivity contribution < 1.29 is 0 Å². The first-order valence-electron chi connectivity index (χ1n) is 1.85. The number of nitriles is 3. The zero-order valence-electron chi connectivity index (χ0n) is 4.42. The second kappa shape index (κ2) is 1.68. The Morgan fingerprint density at radius 1 is 0.800 bits per heavy atom. The van der Waals surface area contributed by atoms with E-state index in [2.05, 4.69) is 0 Å². The van der Waals surface area contributed by atoms with E-state index in [0.29, 0.717) is 0 Å². The van der Waals surface area contributed by atoms with E-state index in [1.165, 1.54) is 0 Å². The Balaban J connectivity index is 5.71. The van der Waals surface area contributed by atoms with E-state index in [4.69, 9.17) is 49.5 Å². The van der Waals surface area contributed by atoms with Crippen molar-refractivity contribution in [1.82, 2.24) is 0 Å². The molecule has 0 aromatic rings. The van der Waals surface area contributed by atoms with Crippen LogP contribution in [0.1, 0.15) is 0 Å². The molecule has 0 unspecified atom stereocenters. The topological polar surface area (TPSA) is 71.4 Å². The van der Waals surface area contributed by atoms with Gasteiger partial charge in [-0.25, -0.2) is 0 Å². The minimum absolute atomic E-state index is 1.14. The fourth-order valence-electron chi connectivity index (χ4n) is 0.0671. The van der Waals surface area contributed by atoms with Crippen LogP contribution >= 0.6 is 37.7 Å². The number of halogens is 3. The molecule has 0 N–H and O–H groups in total. The van der Waals surface area contributed by atoms with E-state index in [1.54, 1.807) is 0 Å². The van der Waals surface area contributed by atoms with Gasteiger partial charge in [0.1, 0.15) is 0 Å². The Bertz CT molecular complexity index is 257. The van der Waals surface area contributed by atoms with Crippen molar-refractivity contribution >= 4 is 37.7 Å². The normalized spacial score (nSPS) is 16.8. The van der Waals surface area contributed by atoms with Crippen LogP contribution in [0.15, 0.2) is 0 Å². The summed E-state index contributed by atoms with van der Waals surface area (Å²) >= 11 is 15.6. The van der Waals surface area contributed by atoms with Crippen LogP contribution in [0.2, 0.25) is 0 Å². The molecule has 0 spiro atoms. The van der Waals surface area contributed by atoms with Gasteiger partial charge in [-0.15, -0.1) is 0 Å². The standard InChI is InChI=1S/C3Cl3N3P/c4-10(5,6,1-7,2-8)3-9/q-1. The molecular weight excluding hydrogens is 215 g/mol. The van der Waals surface area contributed by atoms with Gasteiger partial charge < -0.3 is 0 Å². The van der Waals surface area contributed by atoms with Crippen molar-refractivity contribution in [1.29, 1.82) is 15.8 Å². The van der Waals surface area contributed by atoms with Gasteiger partial charge in [0.25, 0.3) is 0 Å². The van der Waals surface area contributed by atoms with E-state index < -0.39 is 4.00 Å². The van der Waals surface area contributed by atoms with Gasteiger partial charge in [-0.1, -0.05) is 0 Å². The summed E-state index contributed by atoms with van der Waals surface area (Å²) in [7, 11) is 0. The second-order valence-electron chi connectivity index (χ2n) is 1.59. The fourth-order valence-corrected chi connectivity index (χ4v) is 0.201. The van der Waals surface area contributed by atoms with Crippen molar-refractivity contribution in [2.45, 2.75) is 0 Å². The van der Waals surface area contributed by atoms with Gasteiger partial charge in [-0.3, -0.25) is 0 Å². The van der Waals surface area contributed by atoms with E-state index in [1.807, 2.05) is 0 Å². The molecule has 0 aliphatic heterocycles. The average molecular weight is 215 g/mol. The predicted octanol–water partition coefficient (Wildman–Crippen LogP) is 2.98. The molecule has 0 aliphatic carbocycles. The molecular formula is C3Cl3N3P-. The molecule has 0 aliphatic rings. The third kappa shape index (κ3) is 1.63. The van der Waals surface area contributed by atoms with Crippen LogP contribution in [0, 0.1) is 33.2 Å². The molecule has 0 aromatic heterocycles. The van der Waals surface area contributed by atoms with Crippen molar-refractivity contribution in [3.8, 4) is 17.4 Å². The molecule has 0 amide bonds. The summed E-state index contributed by atoms with van der Waals surface area (Å²) in [6.07, 6.45) is 0. The Morgan fingerprint density at radius 3 is 1.00 bits per heavy atom. The van der Waals surface area contributed by atoms with E-state index in [0.717, 1.165) is 17.4 Å². The number of hydrogen-bond donors (Lipinski definition) is 0. The van der Waals surface area contributed by atoms with Gasteiger partial charge in [-0.05, 0) is 0 Å². The first-order valence-corrected chi connectivity index (χ1v) is 7.25. The van der Waals surface area contributed by atoms with Gasteiger partial charge in [-0.2, -0.15) is 0 Å². The van der Waals surface area contributed by atoms with Crippen LogP contribution in [0.3, 0.4) is 0 Å². The molecule has 0 fully saturated rings. The average Bonchev–Trinajstić information content (AvgIpc) is 1.90. The summed E-state index contributed by atoms with van der Waals surface area (Å²) in [6, 6.07) is 0. The molecule has 7 heteroatoms. The quantitative estimate of drug-likeness (QED) is 0.583. The Labute approximate surface area is 71.2 Å². The summed E-state index contributed by atoms with van der Waals surface area (Å²) in [5.74, 6) is 3.42. The Kier molecular flexibility index (Phi) is 1.64. The van der Waals surface area contributed by atoms with Gasteiger partial charge >= 0.3 is 70.9 Å². The molecule has 0 saturated heterocycles. The van der Waals surface area contributed by atoms with Crippen molar-refractivity contribution in [3.05, 3.63) is 0 Å². The summed E-state index contributed by atoms with van der Waals surface area (Å²) < 4.78 is -5.44. The fraction of sp³-hybridized carbons (Fsp3) is 0. The summed E-state index contributed by atoms with van der Waals surface area (Å²) in [4.78, 5) is 0. The SMILES string of the molecule is N#C[P-](Cl)(Cl)(Cl)(C#N)C#N. The molecule has 0 heterocycles. The van der Waals surface area contributed by atoms with E-state index in [9.17, 15) is 0 Å². The van der Waals surface area contributed by atoms with Crippen LogP contribution in [0.4, 0.5) is 0 Å². The molecule has 0 atom stereocenters. The van der Waals surface area contributed by atoms with Crippen LogP contribution in [-0.4, -0.2) is 0 Å². The van der Waals surface area contributed by atoms with Crippen LogP contribution < -0.4 is 0 Å². The Hall–Kier alpha value is -0.230. The van der Waals surface area contributed by atoms with Crippen molar-refractivity contribution in [2.24, 2.45) is 0 Å². The number of rotatable bonds is 0. The molecule has 0 rings (SSSR count). The first-order chi connectivity index (χ1) is 4.21. The maximum atomic E-state index is 8.27. The Morgan fingerprint density at radius 2 is 1.00 bits per heavy atom. The van der Waals surface area contributed by atoms with Gasteiger partial charge in [0, 0.05) is 0 Å². The maximum absolute atomic E-state index is 8.27. The second-order valence-corrected chi connectivity index (χ2v) is 13.9. The van der Waals surface area contributed by atoms with Crippen LogP contribution in [0.25, 0.3) is 0 Å². The number of hydrogen-bond acceptors (Lipinski definition) is 3. The minimum atomic E-state index is -5.44. The van der Waals surface area contributed by atoms with Gasteiger partial charge in [0.2, 0.25) is 0 Å². The van der Waals surface area contributed by atoms with Gasteiger partial charge in [0.15, 0.2) is 0 Å². The molecule has 0 radical (unpaired) electrons. The molecule has 0 bridgehead atoms. The molecule has 54 valence electrons. The third-order valence-electron chi connectivity index (χ3n) is 0.640. The van der Waals surface area contributed by atoms with E-state index >= 15 is 0 Å². The summed E-state index contributed by atoms with van der Waals surface area (Å²) in [5, 5.41) is 24.8. The third-order valence-corrected chi connectivity index (χ3v) is 3.96. The first kappa shape index (κ1) is 9.77. The van der Waals surface area contributed by atoms with Crippen LogP contribution in [-0.2, 0) is 0 Å². The summed E-state index contributed by atoms with van der Waals surface area (Å²) in [5.41, 5.74) is 0. The van der Waals surface area contributed by atoms with Crippen molar-refractivity contribution in [2.75, 3.05) is 0 Å². The molecule has 10 heavy (non-hydrogen) atoms. The molecule has 0 aromatic carbocycles. The zero-order chi connectivity index (χ0) is 8.53.